The van der Waals surface area contributed by atoms with Gasteiger partial charge in [-0.05, 0) is 36.2 Å². The Morgan fingerprint density at radius 3 is 2.38 bits per heavy atom. The summed E-state index contributed by atoms with van der Waals surface area (Å²) < 4.78 is 0. The van der Waals surface area contributed by atoms with Crippen molar-refractivity contribution in [3.8, 4) is 5.75 Å². The number of amides is 1. The van der Waals surface area contributed by atoms with E-state index in [2.05, 4.69) is 5.32 Å². The largest absolute Gasteiger partial charge is 0.508 e. The molecule has 2 rings (SSSR count). The van der Waals surface area contributed by atoms with Crippen LogP contribution < -0.4 is 11.1 Å². The molecule has 4 N–H and O–H groups in total. The number of nitrogens with two attached hydrogens (primary N) is 1. The Hall–Kier alpha value is -2.40. The van der Waals surface area contributed by atoms with Gasteiger partial charge in [-0.25, -0.2) is 0 Å². The van der Waals surface area contributed by atoms with Gasteiger partial charge in [-0.2, -0.15) is 0 Å². The predicted molar refractivity (Wildman–Crippen MR) is 86.3 cm³/mol. The highest BCUT2D eigenvalue weighted by atomic mass is 32.1. The van der Waals surface area contributed by atoms with Crippen molar-refractivity contribution in [1.82, 2.24) is 5.32 Å². The van der Waals surface area contributed by atoms with Crippen LogP contribution in [0.5, 0.6) is 5.75 Å². The quantitative estimate of drug-likeness (QED) is 0.757. The van der Waals surface area contributed by atoms with Gasteiger partial charge in [-0.3, -0.25) is 4.79 Å². The fourth-order valence-electron chi connectivity index (χ4n) is 1.87. The highest BCUT2D eigenvalue weighted by molar-refractivity contribution is 7.80. The average molecular weight is 300 g/mol. The first-order chi connectivity index (χ1) is 9.97. The number of hydrogen-bond acceptors (Lipinski definition) is 3. The van der Waals surface area contributed by atoms with E-state index in [9.17, 15) is 9.90 Å². The molecule has 5 heteroatoms. The van der Waals surface area contributed by atoms with E-state index >= 15 is 0 Å². The molecule has 0 heterocycles. The van der Waals surface area contributed by atoms with Crippen LogP contribution in [0.2, 0.25) is 0 Å². The molecule has 2 aromatic rings. The molecule has 0 aliphatic rings. The lowest BCUT2D eigenvalue weighted by molar-refractivity contribution is 0.0951. The van der Waals surface area contributed by atoms with Crippen LogP contribution in [0, 0.1) is 6.92 Å². The van der Waals surface area contributed by atoms with Gasteiger partial charge in [0.05, 0.1) is 0 Å². The van der Waals surface area contributed by atoms with E-state index in [1.807, 2.05) is 24.3 Å². The number of carbonyl (C=O) groups excluding carboxylic acids is 1. The second-order valence-corrected chi connectivity index (χ2v) is 5.18. The molecule has 0 spiro atoms. The Labute approximate surface area is 128 Å². The van der Waals surface area contributed by atoms with Crippen LogP contribution in [0.3, 0.4) is 0 Å². The van der Waals surface area contributed by atoms with Gasteiger partial charge in [0.15, 0.2) is 0 Å². The van der Waals surface area contributed by atoms with E-state index in [0.717, 1.165) is 11.1 Å². The number of aryl methyl sites for hydroxylation is 1. The Morgan fingerprint density at radius 2 is 1.81 bits per heavy atom. The standard InChI is InChI=1S/C16H16N2O2S/c1-10-8-13(6-7-14(10)19)16(20)18-9-11-2-4-12(5-3-11)15(17)21/h2-8,19H,9H2,1H3,(H2,17,21)(H,18,20). The van der Waals surface area contributed by atoms with Crippen LogP contribution in [-0.4, -0.2) is 16.0 Å². The van der Waals surface area contributed by atoms with Crippen molar-refractivity contribution in [1.29, 1.82) is 0 Å². The van der Waals surface area contributed by atoms with E-state index in [0.29, 0.717) is 22.7 Å². The molecular formula is C16H16N2O2S. The molecule has 2 aromatic carbocycles. The van der Waals surface area contributed by atoms with Crippen LogP contribution in [0.4, 0.5) is 0 Å². The number of nitrogens with one attached hydrogen (secondary N) is 1. The van der Waals surface area contributed by atoms with Gasteiger partial charge in [0.1, 0.15) is 10.7 Å². The van der Waals surface area contributed by atoms with Crippen molar-refractivity contribution in [3.05, 3.63) is 64.7 Å². The molecule has 21 heavy (non-hydrogen) atoms. The molecule has 0 aromatic heterocycles. The zero-order chi connectivity index (χ0) is 15.4. The van der Waals surface area contributed by atoms with Gasteiger partial charge >= 0.3 is 0 Å². The molecule has 0 fully saturated rings. The van der Waals surface area contributed by atoms with Crippen LogP contribution in [-0.2, 0) is 6.54 Å². The van der Waals surface area contributed by atoms with Gasteiger partial charge in [0, 0.05) is 17.7 Å². The van der Waals surface area contributed by atoms with Crippen LogP contribution in [0.25, 0.3) is 0 Å². The van der Waals surface area contributed by atoms with Crippen molar-refractivity contribution >= 4 is 23.1 Å². The third kappa shape index (κ3) is 3.79. The average Bonchev–Trinajstić information content (AvgIpc) is 2.48. The molecule has 0 saturated carbocycles. The highest BCUT2D eigenvalue weighted by Crippen LogP contribution is 2.16. The van der Waals surface area contributed by atoms with Crippen molar-refractivity contribution in [2.24, 2.45) is 5.73 Å². The molecule has 1 amide bonds. The maximum Gasteiger partial charge on any atom is 0.251 e. The molecule has 0 bridgehead atoms. The number of rotatable bonds is 4. The second-order valence-electron chi connectivity index (χ2n) is 4.75. The summed E-state index contributed by atoms with van der Waals surface area (Å²) in [6.45, 7) is 2.16. The minimum absolute atomic E-state index is 0.180. The lowest BCUT2D eigenvalue weighted by Gasteiger charge is -2.07. The zero-order valence-electron chi connectivity index (χ0n) is 11.6. The van der Waals surface area contributed by atoms with Crippen molar-refractivity contribution in [2.45, 2.75) is 13.5 Å². The number of phenols is 1. The molecular weight excluding hydrogens is 284 g/mol. The van der Waals surface area contributed by atoms with E-state index in [-0.39, 0.29) is 11.7 Å². The summed E-state index contributed by atoms with van der Waals surface area (Å²) in [5.41, 5.74) is 8.48. The summed E-state index contributed by atoms with van der Waals surface area (Å²) in [4.78, 5) is 12.4. The Bertz CT molecular complexity index is 681. The smallest absolute Gasteiger partial charge is 0.251 e. The van der Waals surface area contributed by atoms with E-state index in [1.165, 1.54) is 6.07 Å². The molecule has 0 atom stereocenters. The monoisotopic (exact) mass is 300 g/mol. The van der Waals surface area contributed by atoms with Gasteiger partial charge in [0.25, 0.3) is 5.91 Å². The highest BCUT2D eigenvalue weighted by Gasteiger charge is 2.07. The summed E-state index contributed by atoms with van der Waals surface area (Å²) in [7, 11) is 0. The SMILES string of the molecule is Cc1cc(C(=O)NCc2ccc(C(N)=S)cc2)ccc1O. The number of hydrogen-bond donors (Lipinski definition) is 3. The molecule has 0 saturated heterocycles. The molecule has 0 aliphatic carbocycles. The first-order valence-electron chi connectivity index (χ1n) is 6.44. The molecule has 0 aliphatic heterocycles. The fraction of sp³-hybridized carbons (Fsp3) is 0.125. The first kappa shape index (κ1) is 15.0. The summed E-state index contributed by atoms with van der Waals surface area (Å²) >= 11 is 4.89. The molecule has 0 unspecified atom stereocenters. The number of aromatic hydroxyl groups is 1. The van der Waals surface area contributed by atoms with Crippen molar-refractivity contribution < 1.29 is 9.90 Å². The minimum atomic E-state index is -0.184. The van der Waals surface area contributed by atoms with Gasteiger partial charge in [-0.15, -0.1) is 0 Å². The molecule has 4 nitrogen and oxygen atoms in total. The predicted octanol–water partition coefficient (Wildman–Crippen LogP) is 2.26. The van der Waals surface area contributed by atoms with Gasteiger partial charge in [0.2, 0.25) is 0 Å². The number of thiocarbonyl (C=S) groups is 1. The summed E-state index contributed by atoms with van der Waals surface area (Å²) in [6, 6.07) is 12.2. The topological polar surface area (TPSA) is 75.4 Å². The third-order valence-electron chi connectivity index (χ3n) is 3.15. The van der Waals surface area contributed by atoms with E-state index in [4.69, 9.17) is 18.0 Å². The van der Waals surface area contributed by atoms with Crippen molar-refractivity contribution in [2.75, 3.05) is 0 Å². The Morgan fingerprint density at radius 1 is 1.19 bits per heavy atom. The number of benzene rings is 2. The Kier molecular flexibility index (Phi) is 4.55. The van der Waals surface area contributed by atoms with E-state index < -0.39 is 0 Å². The molecule has 0 radical (unpaired) electrons. The van der Waals surface area contributed by atoms with E-state index in [1.54, 1.807) is 19.1 Å². The van der Waals surface area contributed by atoms with Crippen molar-refractivity contribution in [3.63, 3.8) is 0 Å². The summed E-state index contributed by atoms with van der Waals surface area (Å²) in [5, 5.41) is 12.3. The summed E-state index contributed by atoms with van der Waals surface area (Å²) in [5.74, 6) is -0.00332. The summed E-state index contributed by atoms with van der Waals surface area (Å²) in [6.07, 6.45) is 0. The minimum Gasteiger partial charge on any atom is -0.508 e. The normalized spacial score (nSPS) is 10.1. The third-order valence-corrected chi connectivity index (χ3v) is 3.39. The Balaban J connectivity index is 2.00. The van der Waals surface area contributed by atoms with Crippen LogP contribution in [0.15, 0.2) is 42.5 Å². The van der Waals surface area contributed by atoms with Crippen LogP contribution >= 0.6 is 12.2 Å². The lowest BCUT2D eigenvalue weighted by Crippen LogP contribution is -2.22. The maximum atomic E-state index is 12.0. The maximum absolute atomic E-state index is 12.0. The van der Waals surface area contributed by atoms with Crippen LogP contribution in [0.1, 0.15) is 27.0 Å². The first-order valence-corrected chi connectivity index (χ1v) is 6.85. The van der Waals surface area contributed by atoms with Gasteiger partial charge in [-0.1, -0.05) is 36.5 Å². The van der Waals surface area contributed by atoms with Gasteiger partial charge < -0.3 is 16.2 Å². The number of phenolic OH excluding ortho intramolecular Hbond substituents is 1. The number of carbonyl (C=O) groups is 1. The second kappa shape index (κ2) is 6.37. The lowest BCUT2D eigenvalue weighted by atomic mass is 10.1. The molecule has 108 valence electrons. The zero-order valence-corrected chi connectivity index (χ0v) is 12.4. The fourth-order valence-corrected chi connectivity index (χ4v) is 2.00.